The first-order chi connectivity index (χ1) is 13.5. The number of nitrogens with one attached hydrogen (secondary N) is 1. The van der Waals surface area contributed by atoms with E-state index >= 15 is 0 Å². The number of rotatable bonds is 7. The molecule has 1 unspecified atom stereocenters. The zero-order chi connectivity index (χ0) is 19.9. The van der Waals surface area contributed by atoms with Crippen molar-refractivity contribution in [2.24, 2.45) is 0 Å². The predicted octanol–water partition coefficient (Wildman–Crippen LogP) is 2.92. The summed E-state index contributed by atoms with van der Waals surface area (Å²) < 4.78 is 5.78. The summed E-state index contributed by atoms with van der Waals surface area (Å²) in [5.41, 5.74) is 0.981. The number of aliphatic hydroxyl groups excluding tert-OH is 1. The topological polar surface area (TPSA) is 78.9 Å². The molecule has 2 heterocycles. The quantitative estimate of drug-likeness (QED) is 0.746. The largest absolute Gasteiger partial charge is 0.482 e. The van der Waals surface area contributed by atoms with Crippen molar-refractivity contribution in [1.82, 2.24) is 10.2 Å². The molecule has 6 nitrogen and oxygen atoms in total. The lowest BCUT2D eigenvalue weighted by Gasteiger charge is -2.26. The van der Waals surface area contributed by atoms with E-state index in [-0.39, 0.29) is 25.0 Å². The summed E-state index contributed by atoms with van der Waals surface area (Å²) in [6.07, 6.45) is 2.57. The third-order valence-electron chi connectivity index (χ3n) is 4.58. The van der Waals surface area contributed by atoms with Gasteiger partial charge in [-0.2, -0.15) is 0 Å². The number of aliphatic hydroxyl groups is 1. The molecule has 0 radical (unpaired) electrons. The molecule has 28 heavy (non-hydrogen) atoms. The SMILES string of the molecule is CC(O)CNC(=O)c1sc(-c2ccccc2)cc1OCC(=O)N1CCCCC1. The van der Waals surface area contributed by atoms with E-state index in [0.717, 1.165) is 42.8 Å². The Morgan fingerprint density at radius 2 is 1.93 bits per heavy atom. The number of ether oxygens (including phenoxy) is 1. The Morgan fingerprint density at radius 1 is 1.21 bits per heavy atom. The van der Waals surface area contributed by atoms with Crippen LogP contribution in [0.4, 0.5) is 0 Å². The third kappa shape index (κ3) is 5.33. The molecule has 1 atom stereocenters. The summed E-state index contributed by atoms with van der Waals surface area (Å²) in [7, 11) is 0. The van der Waals surface area contributed by atoms with Crippen molar-refractivity contribution in [2.75, 3.05) is 26.2 Å². The van der Waals surface area contributed by atoms with Crippen LogP contribution in [0.2, 0.25) is 0 Å². The summed E-state index contributed by atoms with van der Waals surface area (Å²) in [4.78, 5) is 28.1. The maximum absolute atomic E-state index is 12.6. The van der Waals surface area contributed by atoms with E-state index in [1.165, 1.54) is 11.3 Å². The molecule has 1 aliphatic rings. The maximum Gasteiger partial charge on any atom is 0.265 e. The van der Waals surface area contributed by atoms with Crippen LogP contribution in [0.5, 0.6) is 5.75 Å². The van der Waals surface area contributed by atoms with Crippen LogP contribution in [0.1, 0.15) is 35.9 Å². The highest BCUT2D eigenvalue weighted by Crippen LogP contribution is 2.36. The van der Waals surface area contributed by atoms with Crippen molar-refractivity contribution in [2.45, 2.75) is 32.3 Å². The molecule has 0 saturated carbocycles. The van der Waals surface area contributed by atoms with Crippen molar-refractivity contribution in [1.29, 1.82) is 0 Å². The molecule has 1 aromatic carbocycles. The predicted molar refractivity (Wildman–Crippen MR) is 110 cm³/mol. The van der Waals surface area contributed by atoms with Gasteiger partial charge in [0, 0.05) is 24.5 Å². The van der Waals surface area contributed by atoms with E-state index < -0.39 is 6.10 Å². The zero-order valence-electron chi connectivity index (χ0n) is 16.0. The molecule has 0 bridgehead atoms. The third-order valence-corrected chi connectivity index (χ3v) is 5.74. The number of likely N-dealkylation sites (tertiary alicyclic amines) is 1. The van der Waals surface area contributed by atoms with E-state index in [0.29, 0.717) is 10.6 Å². The smallest absolute Gasteiger partial charge is 0.265 e. The number of carbonyl (C=O) groups is 2. The molecule has 1 aliphatic heterocycles. The van der Waals surface area contributed by atoms with Crippen molar-refractivity contribution < 1.29 is 19.4 Å². The van der Waals surface area contributed by atoms with Crippen LogP contribution in [0.15, 0.2) is 36.4 Å². The molecule has 3 rings (SSSR count). The second-order valence-electron chi connectivity index (χ2n) is 6.96. The minimum Gasteiger partial charge on any atom is -0.482 e. The van der Waals surface area contributed by atoms with Gasteiger partial charge in [0.2, 0.25) is 0 Å². The number of benzene rings is 1. The number of hydrogen-bond acceptors (Lipinski definition) is 5. The van der Waals surface area contributed by atoms with Gasteiger partial charge < -0.3 is 20.1 Å². The molecule has 150 valence electrons. The van der Waals surface area contributed by atoms with Gasteiger partial charge in [-0.15, -0.1) is 11.3 Å². The summed E-state index contributed by atoms with van der Waals surface area (Å²) in [6.45, 7) is 3.22. The zero-order valence-corrected chi connectivity index (χ0v) is 16.8. The Kier molecular flexibility index (Phi) is 7.06. The average molecular weight is 403 g/mol. The van der Waals surface area contributed by atoms with E-state index in [1.807, 2.05) is 35.2 Å². The van der Waals surface area contributed by atoms with Crippen molar-refractivity contribution >= 4 is 23.2 Å². The van der Waals surface area contributed by atoms with E-state index in [2.05, 4.69) is 5.32 Å². The number of piperidine rings is 1. The Bertz CT molecular complexity index is 798. The van der Waals surface area contributed by atoms with Crippen LogP contribution in [-0.2, 0) is 4.79 Å². The van der Waals surface area contributed by atoms with Gasteiger partial charge in [-0.1, -0.05) is 30.3 Å². The summed E-state index contributed by atoms with van der Waals surface area (Å²) >= 11 is 1.32. The van der Waals surface area contributed by atoms with Crippen LogP contribution in [0.25, 0.3) is 10.4 Å². The number of amides is 2. The van der Waals surface area contributed by atoms with E-state index in [4.69, 9.17) is 4.74 Å². The van der Waals surface area contributed by atoms with Gasteiger partial charge in [0.1, 0.15) is 10.6 Å². The molecular formula is C21H26N2O4S. The average Bonchev–Trinajstić information content (AvgIpc) is 3.16. The Morgan fingerprint density at radius 3 is 2.61 bits per heavy atom. The first kappa shape index (κ1) is 20.4. The highest BCUT2D eigenvalue weighted by molar-refractivity contribution is 7.17. The van der Waals surface area contributed by atoms with Gasteiger partial charge in [-0.3, -0.25) is 9.59 Å². The lowest BCUT2D eigenvalue weighted by Crippen LogP contribution is -2.38. The molecular weight excluding hydrogens is 376 g/mol. The van der Waals surface area contributed by atoms with Crippen LogP contribution < -0.4 is 10.1 Å². The van der Waals surface area contributed by atoms with Crippen LogP contribution in [0.3, 0.4) is 0 Å². The van der Waals surface area contributed by atoms with Gasteiger partial charge in [0.05, 0.1) is 6.10 Å². The molecule has 0 aliphatic carbocycles. The van der Waals surface area contributed by atoms with Crippen LogP contribution in [-0.4, -0.2) is 54.2 Å². The minimum atomic E-state index is -0.637. The van der Waals surface area contributed by atoms with Crippen LogP contribution >= 0.6 is 11.3 Å². The number of nitrogens with zero attached hydrogens (tertiary/aromatic N) is 1. The molecule has 7 heteroatoms. The second-order valence-corrected chi connectivity index (χ2v) is 8.01. The normalized spacial score (nSPS) is 15.1. The van der Waals surface area contributed by atoms with Gasteiger partial charge in [-0.25, -0.2) is 0 Å². The van der Waals surface area contributed by atoms with E-state index in [9.17, 15) is 14.7 Å². The molecule has 2 aromatic rings. The lowest BCUT2D eigenvalue weighted by molar-refractivity contribution is -0.134. The van der Waals surface area contributed by atoms with Gasteiger partial charge in [0.25, 0.3) is 11.8 Å². The Labute approximate surface area is 169 Å². The number of carbonyl (C=O) groups excluding carboxylic acids is 2. The lowest BCUT2D eigenvalue weighted by atomic mass is 10.1. The van der Waals surface area contributed by atoms with Crippen LogP contribution in [0, 0.1) is 0 Å². The monoisotopic (exact) mass is 402 g/mol. The first-order valence-electron chi connectivity index (χ1n) is 9.60. The fourth-order valence-corrected chi connectivity index (χ4v) is 4.10. The van der Waals surface area contributed by atoms with Crippen molar-refractivity contribution in [3.63, 3.8) is 0 Å². The number of thiophene rings is 1. The summed E-state index contributed by atoms with van der Waals surface area (Å²) in [6, 6.07) is 11.5. The highest BCUT2D eigenvalue weighted by atomic mass is 32.1. The first-order valence-corrected chi connectivity index (χ1v) is 10.4. The summed E-state index contributed by atoms with van der Waals surface area (Å²) in [5, 5.41) is 12.1. The van der Waals surface area contributed by atoms with Gasteiger partial charge >= 0.3 is 0 Å². The molecule has 1 aromatic heterocycles. The fraction of sp³-hybridized carbons (Fsp3) is 0.429. The molecule has 1 fully saturated rings. The van der Waals surface area contributed by atoms with Crippen molar-refractivity contribution in [3.8, 4) is 16.2 Å². The van der Waals surface area contributed by atoms with Crippen molar-refractivity contribution in [3.05, 3.63) is 41.3 Å². The molecule has 2 amide bonds. The Hall–Kier alpha value is -2.38. The van der Waals surface area contributed by atoms with Gasteiger partial charge in [-0.05, 0) is 37.8 Å². The number of hydrogen-bond donors (Lipinski definition) is 2. The second kappa shape index (κ2) is 9.71. The maximum atomic E-state index is 12.6. The standard InChI is InChI=1S/C21H26N2O4S/c1-15(24)13-22-21(26)20-17(12-18(28-20)16-8-4-2-5-9-16)27-14-19(25)23-10-6-3-7-11-23/h2,4-5,8-9,12,15,24H,3,6-7,10-11,13-14H2,1H3,(H,22,26). The van der Waals surface area contributed by atoms with Gasteiger partial charge in [0.15, 0.2) is 6.61 Å². The van der Waals surface area contributed by atoms with E-state index in [1.54, 1.807) is 13.0 Å². The highest BCUT2D eigenvalue weighted by Gasteiger charge is 2.22. The molecule has 1 saturated heterocycles. The molecule has 0 spiro atoms. The molecule has 2 N–H and O–H groups in total. The fourth-order valence-electron chi connectivity index (χ4n) is 3.08. The Balaban J connectivity index is 1.76. The minimum absolute atomic E-state index is 0.0532. The summed E-state index contributed by atoms with van der Waals surface area (Å²) in [5.74, 6) is 0.0355.